The lowest BCUT2D eigenvalue weighted by Gasteiger charge is -2.30. The highest BCUT2D eigenvalue weighted by atomic mass is 16.4. The molecule has 0 aliphatic carbocycles. The van der Waals surface area contributed by atoms with Gasteiger partial charge in [0.25, 0.3) is 0 Å². The van der Waals surface area contributed by atoms with Crippen LogP contribution < -0.4 is 0 Å². The van der Waals surface area contributed by atoms with E-state index in [9.17, 15) is 4.79 Å². The van der Waals surface area contributed by atoms with Gasteiger partial charge in [-0.15, -0.1) is 0 Å². The minimum atomic E-state index is -0.667. The fourth-order valence-corrected chi connectivity index (χ4v) is 4.66. The van der Waals surface area contributed by atoms with Crippen LogP contribution in [0.25, 0.3) is 0 Å². The highest BCUT2D eigenvalue weighted by molar-refractivity contribution is 5.66. The molecule has 0 aliphatic rings. The highest BCUT2D eigenvalue weighted by Crippen LogP contribution is 2.36. The van der Waals surface area contributed by atoms with Gasteiger partial charge in [0.15, 0.2) is 0 Å². The third-order valence-electron chi connectivity index (χ3n) is 8.35. The Kier molecular flexibility index (Phi) is 26.1. The first-order valence-electron chi connectivity index (χ1n) is 14.9. The number of unbranched alkanes of at least 4 members (excludes halogenated alkanes) is 13. The molecule has 0 aliphatic heterocycles. The van der Waals surface area contributed by atoms with E-state index in [0.29, 0.717) is 18.3 Å². The van der Waals surface area contributed by atoms with E-state index >= 15 is 0 Å². The molecule has 0 heterocycles. The lowest BCUT2D eigenvalue weighted by Crippen LogP contribution is -2.32. The number of hydrogen-bond acceptors (Lipinski definition) is 4. The molecule has 0 atom stereocenters. The molecule has 5 heteroatoms. The maximum absolute atomic E-state index is 10.4. The number of carboxylic acids is 1. The summed E-state index contributed by atoms with van der Waals surface area (Å²) < 4.78 is 0. The van der Waals surface area contributed by atoms with Crippen molar-refractivity contribution < 1.29 is 25.2 Å². The van der Waals surface area contributed by atoms with Crippen molar-refractivity contribution in [2.45, 2.75) is 156 Å². The quantitative estimate of drug-likeness (QED) is 0.101. The molecule has 0 spiro atoms. The number of aliphatic hydroxyl groups is 3. The fourth-order valence-electron chi connectivity index (χ4n) is 4.66. The normalized spacial score (nSPS) is 11.9. The highest BCUT2D eigenvalue weighted by Gasteiger charge is 2.25. The largest absolute Gasteiger partial charge is 0.481 e. The van der Waals surface area contributed by atoms with E-state index < -0.39 is 11.4 Å². The van der Waals surface area contributed by atoms with Crippen molar-refractivity contribution >= 4 is 5.97 Å². The van der Waals surface area contributed by atoms with Gasteiger partial charge in [-0.05, 0) is 24.7 Å². The Bertz CT molecular complexity index is 418. The third-order valence-corrected chi connectivity index (χ3v) is 8.35. The maximum Gasteiger partial charge on any atom is 0.303 e. The molecule has 0 fully saturated rings. The topological polar surface area (TPSA) is 98.0 Å². The zero-order valence-electron chi connectivity index (χ0n) is 24.0. The summed E-state index contributed by atoms with van der Waals surface area (Å²) in [6.45, 7) is 8.46. The monoisotopic (exact) mass is 502 g/mol. The van der Waals surface area contributed by atoms with Gasteiger partial charge in [0.1, 0.15) is 0 Å². The van der Waals surface area contributed by atoms with Crippen molar-refractivity contribution in [1.29, 1.82) is 0 Å². The lowest BCUT2D eigenvalue weighted by molar-refractivity contribution is -0.137. The van der Waals surface area contributed by atoms with Gasteiger partial charge in [0, 0.05) is 11.8 Å². The smallest absolute Gasteiger partial charge is 0.303 e. The molecular weight excluding hydrogens is 440 g/mol. The van der Waals surface area contributed by atoms with Gasteiger partial charge in [0.2, 0.25) is 0 Å². The number of rotatable bonds is 24. The van der Waals surface area contributed by atoms with Gasteiger partial charge in [-0.1, -0.05) is 130 Å². The minimum Gasteiger partial charge on any atom is -0.481 e. The van der Waals surface area contributed by atoms with E-state index in [4.69, 9.17) is 20.4 Å². The Labute approximate surface area is 218 Å². The van der Waals surface area contributed by atoms with Gasteiger partial charge >= 0.3 is 5.97 Å². The van der Waals surface area contributed by atoms with Gasteiger partial charge in [0.05, 0.1) is 19.8 Å². The van der Waals surface area contributed by atoms with Gasteiger partial charge in [-0.3, -0.25) is 4.79 Å². The first-order chi connectivity index (χ1) is 16.8. The molecule has 0 bridgehead atoms. The Hall–Kier alpha value is -0.650. The standard InChI is InChI=1S/C24H48O2.C6H14O3/c1-4-24(5-2,6-3)22-20-18-16-14-12-10-8-7-9-11-13-15-17-19-21-23(25)26;1-2-6(3-7,4-8)5-9/h4-22H2,1-3H3,(H,25,26);7-9H,2-5H2,1H3. The zero-order chi connectivity index (χ0) is 26.8. The summed E-state index contributed by atoms with van der Waals surface area (Å²) in [5.74, 6) is -0.652. The molecule has 212 valence electrons. The predicted molar refractivity (Wildman–Crippen MR) is 149 cm³/mol. The molecule has 35 heavy (non-hydrogen) atoms. The Balaban J connectivity index is 0. The molecule has 0 radical (unpaired) electrons. The number of aliphatic hydroxyl groups excluding tert-OH is 3. The van der Waals surface area contributed by atoms with Crippen LogP contribution >= 0.6 is 0 Å². The summed E-state index contributed by atoms with van der Waals surface area (Å²) in [6, 6.07) is 0. The average Bonchev–Trinajstić information content (AvgIpc) is 2.88. The van der Waals surface area contributed by atoms with E-state index in [1.807, 2.05) is 6.92 Å². The average molecular weight is 503 g/mol. The molecule has 0 unspecified atom stereocenters. The van der Waals surface area contributed by atoms with E-state index in [0.717, 1.165) is 12.8 Å². The second-order valence-electron chi connectivity index (χ2n) is 10.7. The molecule has 0 aromatic rings. The van der Waals surface area contributed by atoms with Crippen molar-refractivity contribution in [2.24, 2.45) is 10.8 Å². The lowest BCUT2D eigenvalue weighted by atomic mass is 9.75. The Morgan fingerprint density at radius 3 is 1.00 bits per heavy atom. The van der Waals surface area contributed by atoms with Crippen LogP contribution in [0.15, 0.2) is 0 Å². The molecule has 0 rings (SSSR count). The SMILES string of the molecule is CCC(CC)(CC)CCCCCCCCCCCCCCCCC(=O)O.CCC(CO)(CO)CO. The summed E-state index contributed by atoms with van der Waals surface area (Å²) >= 11 is 0. The second-order valence-corrected chi connectivity index (χ2v) is 10.7. The van der Waals surface area contributed by atoms with Crippen LogP contribution in [0.3, 0.4) is 0 Å². The zero-order valence-corrected chi connectivity index (χ0v) is 24.0. The van der Waals surface area contributed by atoms with E-state index in [2.05, 4.69) is 20.8 Å². The van der Waals surface area contributed by atoms with Crippen LogP contribution in [0.5, 0.6) is 0 Å². The number of hydrogen-bond donors (Lipinski definition) is 4. The molecule has 5 nitrogen and oxygen atoms in total. The summed E-state index contributed by atoms with van der Waals surface area (Å²) in [6.07, 6.45) is 24.9. The van der Waals surface area contributed by atoms with E-state index in [-0.39, 0.29) is 19.8 Å². The van der Waals surface area contributed by atoms with E-state index in [1.54, 1.807) is 0 Å². The second kappa shape index (κ2) is 25.0. The molecule has 0 aromatic carbocycles. The predicted octanol–water partition coefficient (Wildman–Crippen LogP) is 7.89. The number of carboxylic acid groups (broad SMARTS) is 1. The van der Waals surface area contributed by atoms with Crippen molar-refractivity contribution in [1.82, 2.24) is 0 Å². The summed E-state index contributed by atoms with van der Waals surface area (Å²) in [5.41, 5.74) is -0.0315. The number of carbonyl (C=O) groups is 1. The third kappa shape index (κ3) is 20.1. The number of aliphatic carboxylic acids is 1. The van der Waals surface area contributed by atoms with Crippen LogP contribution in [0.2, 0.25) is 0 Å². The first-order valence-corrected chi connectivity index (χ1v) is 14.9. The van der Waals surface area contributed by atoms with Crippen LogP contribution in [-0.2, 0) is 4.79 Å². The Morgan fingerprint density at radius 2 is 0.771 bits per heavy atom. The molecule has 0 saturated heterocycles. The minimum absolute atomic E-state index is 0.156. The van der Waals surface area contributed by atoms with Crippen molar-refractivity contribution in [2.75, 3.05) is 19.8 Å². The first kappa shape index (κ1) is 36.5. The summed E-state index contributed by atoms with van der Waals surface area (Å²) in [7, 11) is 0. The van der Waals surface area contributed by atoms with Crippen LogP contribution in [0.4, 0.5) is 0 Å². The van der Waals surface area contributed by atoms with Crippen LogP contribution in [-0.4, -0.2) is 46.2 Å². The van der Waals surface area contributed by atoms with Crippen LogP contribution in [0.1, 0.15) is 156 Å². The fraction of sp³-hybridized carbons (Fsp3) is 0.967. The summed E-state index contributed by atoms with van der Waals surface area (Å²) in [4.78, 5) is 10.4. The molecular formula is C30H62O5. The molecule has 0 aromatic heterocycles. The van der Waals surface area contributed by atoms with Crippen molar-refractivity contribution in [3.63, 3.8) is 0 Å². The van der Waals surface area contributed by atoms with Crippen molar-refractivity contribution in [3.05, 3.63) is 0 Å². The molecule has 0 saturated carbocycles. The van der Waals surface area contributed by atoms with Crippen LogP contribution in [0, 0.1) is 10.8 Å². The molecule has 0 amide bonds. The van der Waals surface area contributed by atoms with Gasteiger partial charge in [-0.25, -0.2) is 0 Å². The van der Waals surface area contributed by atoms with Gasteiger partial charge in [-0.2, -0.15) is 0 Å². The summed E-state index contributed by atoms with van der Waals surface area (Å²) in [5, 5.41) is 34.5. The van der Waals surface area contributed by atoms with Gasteiger partial charge < -0.3 is 20.4 Å². The Morgan fingerprint density at radius 1 is 0.486 bits per heavy atom. The maximum atomic E-state index is 10.4. The van der Waals surface area contributed by atoms with E-state index in [1.165, 1.54) is 103 Å². The van der Waals surface area contributed by atoms with Crippen molar-refractivity contribution in [3.8, 4) is 0 Å². The molecule has 4 N–H and O–H groups in total.